The van der Waals surface area contributed by atoms with Gasteiger partial charge in [-0.3, -0.25) is 9.63 Å². The average Bonchev–Trinajstić information content (AvgIpc) is 1.96. The maximum Gasteiger partial charge on any atom is 0.329 e. The molecule has 0 spiro atoms. The molecule has 1 amide bonds. The molecule has 0 saturated carbocycles. The van der Waals surface area contributed by atoms with Gasteiger partial charge in [-0.2, -0.15) is 0 Å². The number of nitrogens with zero attached hydrogens (tertiary/aromatic N) is 1. The zero-order valence-electron chi connectivity index (χ0n) is 10.8. The molecule has 0 aromatic carbocycles. The van der Waals surface area contributed by atoms with E-state index in [1.807, 2.05) is 0 Å². The Balaban J connectivity index is 5.02. The van der Waals surface area contributed by atoms with Gasteiger partial charge in [-0.1, -0.05) is 20.8 Å². The third-order valence-corrected chi connectivity index (χ3v) is 1.79. The van der Waals surface area contributed by atoms with Gasteiger partial charge in [0.1, 0.15) is 0 Å². The SMILES string of the molecule is CC(C)(C)ON(C=O)C(C(=O)O)C(C)(C)C. The van der Waals surface area contributed by atoms with Gasteiger partial charge < -0.3 is 5.11 Å². The molecule has 0 fully saturated rings. The van der Waals surface area contributed by atoms with E-state index in [0.717, 1.165) is 5.06 Å². The number of amides is 1. The van der Waals surface area contributed by atoms with Gasteiger partial charge in [-0.25, -0.2) is 9.86 Å². The van der Waals surface area contributed by atoms with Crippen molar-refractivity contribution in [3.63, 3.8) is 0 Å². The lowest BCUT2D eigenvalue weighted by atomic mass is 9.86. The van der Waals surface area contributed by atoms with Crippen LogP contribution in [0, 0.1) is 5.41 Å². The van der Waals surface area contributed by atoms with Crippen LogP contribution in [0.2, 0.25) is 0 Å². The Hall–Kier alpha value is -1.10. The Morgan fingerprint density at radius 1 is 1.25 bits per heavy atom. The Morgan fingerprint density at radius 2 is 1.69 bits per heavy atom. The van der Waals surface area contributed by atoms with Crippen LogP contribution >= 0.6 is 0 Å². The summed E-state index contributed by atoms with van der Waals surface area (Å²) in [6.45, 7) is 10.5. The molecule has 1 N–H and O–H groups in total. The topological polar surface area (TPSA) is 66.8 Å². The highest BCUT2D eigenvalue weighted by atomic mass is 16.7. The van der Waals surface area contributed by atoms with E-state index in [-0.39, 0.29) is 0 Å². The fraction of sp³-hybridized carbons (Fsp3) is 0.818. The molecule has 0 aliphatic carbocycles. The van der Waals surface area contributed by atoms with Crippen LogP contribution in [-0.2, 0) is 14.4 Å². The van der Waals surface area contributed by atoms with E-state index in [9.17, 15) is 9.59 Å². The average molecular weight is 231 g/mol. The number of carbonyl (C=O) groups is 2. The van der Waals surface area contributed by atoms with Crippen LogP contribution in [0.1, 0.15) is 41.5 Å². The van der Waals surface area contributed by atoms with Gasteiger partial charge in [0.25, 0.3) is 0 Å². The van der Waals surface area contributed by atoms with E-state index in [4.69, 9.17) is 9.94 Å². The first-order chi connectivity index (χ1) is 6.99. The summed E-state index contributed by atoms with van der Waals surface area (Å²) in [5.74, 6) is -1.08. The Labute approximate surface area is 96.3 Å². The second-order valence-corrected chi connectivity index (χ2v) is 5.78. The van der Waals surface area contributed by atoms with Crippen molar-refractivity contribution in [2.24, 2.45) is 5.41 Å². The zero-order valence-corrected chi connectivity index (χ0v) is 10.8. The predicted octanol–water partition coefficient (Wildman–Crippen LogP) is 1.67. The summed E-state index contributed by atoms with van der Waals surface area (Å²) in [6.07, 6.45) is 0.412. The van der Waals surface area contributed by atoms with Crippen molar-refractivity contribution >= 4 is 12.4 Å². The fourth-order valence-corrected chi connectivity index (χ4v) is 1.31. The smallest absolute Gasteiger partial charge is 0.329 e. The number of aliphatic carboxylic acids is 1. The highest BCUT2D eigenvalue weighted by Gasteiger charge is 2.38. The Morgan fingerprint density at radius 3 is 1.88 bits per heavy atom. The van der Waals surface area contributed by atoms with Crippen molar-refractivity contribution < 1.29 is 19.5 Å². The monoisotopic (exact) mass is 231 g/mol. The van der Waals surface area contributed by atoms with E-state index in [0.29, 0.717) is 6.41 Å². The van der Waals surface area contributed by atoms with E-state index in [2.05, 4.69) is 0 Å². The van der Waals surface area contributed by atoms with Crippen molar-refractivity contribution in [1.29, 1.82) is 0 Å². The second-order valence-electron chi connectivity index (χ2n) is 5.78. The van der Waals surface area contributed by atoms with Gasteiger partial charge in [-0.15, -0.1) is 0 Å². The van der Waals surface area contributed by atoms with E-state index >= 15 is 0 Å². The van der Waals surface area contributed by atoms with Crippen LogP contribution in [0.3, 0.4) is 0 Å². The second kappa shape index (κ2) is 4.82. The molecule has 0 aromatic heterocycles. The van der Waals surface area contributed by atoms with E-state index < -0.39 is 23.0 Å². The lowest BCUT2D eigenvalue weighted by molar-refractivity contribution is -0.245. The molecule has 0 aliphatic heterocycles. The summed E-state index contributed by atoms with van der Waals surface area (Å²) in [5.41, 5.74) is -1.21. The van der Waals surface area contributed by atoms with Crippen LogP contribution in [0.25, 0.3) is 0 Å². The Kier molecular flexibility index (Phi) is 4.49. The number of carboxylic acids is 1. The van der Waals surface area contributed by atoms with E-state index in [1.165, 1.54) is 0 Å². The predicted molar refractivity (Wildman–Crippen MR) is 59.6 cm³/mol. The number of hydrogen-bond donors (Lipinski definition) is 1. The largest absolute Gasteiger partial charge is 0.480 e. The maximum absolute atomic E-state index is 11.2. The van der Waals surface area contributed by atoms with Gasteiger partial charge in [0.2, 0.25) is 6.41 Å². The molecule has 1 unspecified atom stereocenters. The molecule has 1 atom stereocenters. The number of carboxylic acid groups (broad SMARTS) is 1. The highest BCUT2D eigenvalue weighted by Crippen LogP contribution is 2.26. The minimum Gasteiger partial charge on any atom is -0.480 e. The maximum atomic E-state index is 11.2. The molecule has 0 radical (unpaired) electrons. The first-order valence-corrected chi connectivity index (χ1v) is 5.14. The molecule has 0 saturated heterocycles. The molecule has 94 valence electrons. The molecule has 0 aliphatic rings. The zero-order chi connectivity index (χ0) is 13.1. The van der Waals surface area contributed by atoms with Gasteiger partial charge in [0, 0.05) is 0 Å². The summed E-state index contributed by atoms with van der Waals surface area (Å²) < 4.78 is 0. The van der Waals surface area contributed by atoms with Crippen molar-refractivity contribution in [3.8, 4) is 0 Å². The first-order valence-electron chi connectivity index (χ1n) is 5.14. The van der Waals surface area contributed by atoms with Crippen LogP contribution in [-0.4, -0.2) is 34.2 Å². The van der Waals surface area contributed by atoms with Crippen molar-refractivity contribution in [2.75, 3.05) is 0 Å². The molecule has 0 rings (SSSR count). The van der Waals surface area contributed by atoms with Gasteiger partial charge in [0.05, 0.1) is 5.60 Å². The summed E-state index contributed by atoms with van der Waals surface area (Å²) in [5, 5.41) is 10.0. The molecular weight excluding hydrogens is 210 g/mol. The number of hydroxylamine groups is 2. The third-order valence-electron chi connectivity index (χ3n) is 1.79. The summed E-state index contributed by atoms with van der Waals surface area (Å²) in [6, 6.07) is -1.01. The van der Waals surface area contributed by atoms with Crippen LogP contribution in [0.4, 0.5) is 0 Å². The van der Waals surface area contributed by atoms with Gasteiger partial charge in [0.15, 0.2) is 6.04 Å². The van der Waals surface area contributed by atoms with Crippen LogP contribution in [0.5, 0.6) is 0 Å². The first kappa shape index (κ1) is 14.9. The summed E-state index contributed by atoms with van der Waals surface area (Å²) >= 11 is 0. The fourth-order valence-electron chi connectivity index (χ4n) is 1.31. The third kappa shape index (κ3) is 4.61. The minimum atomic E-state index is -1.08. The molecule has 0 aromatic rings. The lowest BCUT2D eigenvalue weighted by Crippen LogP contribution is -2.51. The van der Waals surface area contributed by atoms with Crippen LogP contribution < -0.4 is 0 Å². The highest BCUT2D eigenvalue weighted by molar-refractivity contribution is 5.76. The van der Waals surface area contributed by atoms with E-state index in [1.54, 1.807) is 41.5 Å². The quantitative estimate of drug-likeness (QED) is 0.590. The molecule has 5 heteroatoms. The molecule has 5 nitrogen and oxygen atoms in total. The lowest BCUT2D eigenvalue weighted by Gasteiger charge is -2.37. The molecular formula is C11H21NO4. The van der Waals surface area contributed by atoms with Crippen LogP contribution in [0.15, 0.2) is 0 Å². The molecule has 0 bridgehead atoms. The Bertz CT molecular complexity index is 262. The number of hydrogen-bond acceptors (Lipinski definition) is 3. The molecule has 16 heavy (non-hydrogen) atoms. The van der Waals surface area contributed by atoms with Gasteiger partial charge >= 0.3 is 5.97 Å². The van der Waals surface area contributed by atoms with Crippen molar-refractivity contribution in [3.05, 3.63) is 0 Å². The standard InChI is InChI=1S/C11H21NO4/c1-10(2,3)8(9(14)15)12(7-13)16-11(4,5)6/h7-8H,1-6H3,(H,14,15). The normalized spacial score (nSPS) is 14.4. The minimum absolute atomic E-state index is 0.412. The summed E-state index contributed by atoms with van der Waals surface area (Å²) in [7, 11) is 0. The number of carbonyl (C=O) groups excluding carboxylic acids is 1. The number of rotatable bonds is 4. The summed E-state index contributed by atoms with van der Waals surface area (Å²) in [4.78, 5) is 27.4. The van der Waals surface area contributed by atoms with Crippen molar-refractivity contribution in [1.82, 2.24) is 5.06 Å². The van der Waals surface area contributed by atoms with Crippen molar-refractivity contribution in [2.45, 2.75) is 53.2 Å². The molecule has 0 heterocycles. The van der Waals surface area contributed by atoms with Gasteiger partial charge in [-0.05, 0) is 26.2 Å².